The predicted molar refractivity (Wildman–Crippen MR) is 270 cm³/mol. The van der Waals surface area contributed by atoms with Gasteiger partial charge in [-0.3, -0.25) is 0 Å². The van der Waals surface area contributed by atoms with E-state index in [4.69, 9.17) is 4.74 Å². The van der Waals surface area contributed by atoms with Crippen LogP contribution in [-0.4, -0.2) is 4.57 Å². The summed E-state index contributed by atoms with van der Waals surface area (Å²) in [6.45, 7) is 0. The fourth-order valence-corrected chi connectivity index (χ4v) is 11.1. The van der Waals surface area contributed by atoms with Crippen molar-refractivity contribution in [2.24, 2.45) is 0 Å². The first-order valence-corrected chi connectivity index (χ1v) is 22.6. The molecule has 64 heavy (non-hydrogen) atoms. The van der Waals surface area contributed by atoms with E-state index >= 15 is 0 Å². The van der Waals surface area contributed by atoms with Gasteiger partial charge in [0, 0.05) is 47.9 Å². The van der Waals surface area contributed by atoms with E-state index in [1.807, 2.05) is 17.4 Å². The lowest BCUT2D eigenvalue weighted by atomic mass is 9.93. The first-order chi connectivity index (χ1) is 31.7. The highest BCUT2D eigenvalue weighted by Gasteiger charge is 2.25. The van der Waals surface area contributed by atoms with E-state index < -0.39 is 0 Å². The summed E-state index contributed by atoms with van der Waals surface area (Å²) < 4.78 is 11.5. The molecule has 0 fully saturated rings. The van der Waals surface area contributed by atoms with Crippen LogP contribution < -0.4 is 9.64 Å². The second-order valence-electron chi connectivity index (χ2n) is 16.4. The van der Waals surface area contributed by atoms with Crippen molar-refractivity contribution in [3.8, 4) is 61.7 Å². The summed E-state index contributed by atoms with van der Waals surface area (Å²) in [5.41, 5.74) is 16.0. The smallest absolute Gasteiger partial charge is 0.152 e. The van der Waals surface area contributed by atoms with Gasteiger partial charge >= 0.3 is 0 Å². The number of fused-ring (bicyclic) bond motifs is 8. The van der Waals surface area contributed by atoms with Crippen molar-refractivity contribution in [2.45, 2.75) is 0 Å². The van der Waals surface area contributed by atoms with Gasteiger partial charge in [-0.05, 0) is 106 Å². The third-order valence-electron chi connectivity index (χ3n) is 12.8. The minimum absolute atomic E-state index is 0.865. The predicted octanol–water partition coefficient (Wildman–Crippen LogP) is 17.4. The number of rotatable bonds is 7. The molecule has 0 bridgehead atoms. The van der Waals surface area contributed by atoms with Crippen LogP contribution in [-0.2, 0) is 0 Å². The first kappa shape index (κ1) is 36.5. The van der Waals surface area contributed by atoms with Gasteiger partial charge in [0.25, 0.3) is 0 Å². The van der Waals surface area contributed by atoms with E-state index in [9.17, 15) is 0 Å². The van der Waals surface area contributed by atoms with Gasteiger partial charge in [-0.25, -0.2) is 0 Å². The zero-order chi connectivity index (χ0) is 42.1. The highest BCUT2D eigenvalue weighted by molar-refractivity contribution is 7.26. The number of aromatic nitrogens is 1. The van der Waals surface area contributed by atoms with E-state index in [0.717, 1.165) is 56.4 Å². The Hall–Kier alpha value is -8.18. The Morgan fingerprint density at radius 1 is 0.375 bits per heavy atom. The summed E-state index contributed by atoms with van der Waals surface area (Å²) >= 11 is 1.87. The van der Waals surface area contributed by atoms with Crippen LogP contribution in [0.4, 0.5) is 17.1 Å². The van der Waals surface area contributed by atoms with Gasteiger partial charge in [0.05, 0.1) is 22.4 Å². The van der Waals surface area contributed by atoms with Crippen LogP contribution in [0.1, 0.15) is 0 Å². The van der Waals surface area contributed by atoms with Crippen molar-refractivity contribution < 1.29 is 4.74 Å². The van der Waals surface area contributed by atoms with Crippen molar-refractivity contribution in [1.29, 1.82) is 0 Å². The lowest BCUT2D eigenvalue weighted by molar-refractivity contribution is 0.476. The SMILES string of the molecule is c1ccc(-c2ccc(N(c3ccc(-c4cccc5c4sc4ccccc45)cc3)c3ccccc3-c3ccc4c(c3)c3cccc5c3n4-c3ccccc3O5)cc2-c2ccccc2)cc1. The molecule has 3 nitrogen and oxygen atoms in total. The zero-order valence-electron chi connectivity index (χ0n) is 34.7. The summed E-state index contributed by atoms with van der Waals surface area (Å²) in [4.78, 5) is 2.43. The van der Waals surface area contributed by atoms with Gasteiger partial charge in [-0.15, -0.1) is 11.3 Å². The number of anilines is 3. The van der Waals surface area contributed by atoms with Crippen LogP contribution in [0, 0.1) is 0 Å². The molecule has 1 aliphatic heterocycles. The van der Waals surface area contributed by atoms with Gasteiger partial charge in [-0.1, -0.05) is 164 Å². The lowest BCUT2D eigenvalue weighted by Crippen LogP contribution is -2.11. The van der Waals surface area contributed by atoms with E-state index in [-0.39, 0.29) is 0 Å². The average Bonchev–Trinajstić information content (AvgIpc) is 3.92. The fraction of sp³-hybridized carbons (Fsp3) is 0. The number of ether oxygens (including phenoxy) is 1. The van der Waals surface area contributed by atoms with Crippen LogP contribution >= 0.6 is 11.3 Å². The molecule has 0 radical (unpaired) electrons. The number of benzene rings is 10. The quantitative estimate of drug-likeness (QED) is 0.159. The fourth-order valence-electron chi connectivity index (χ4n) is 9.89. The summed E-state index contributed by atoms with van der Waals surface area (Å²) in [5, 5.41) is 4.98. The van der Waals surface area contributed by atoms with Crippen molar-refractivity contribution in [1.82, 2.24) is 4.57 Å². The third kappa shape index (κ3) is 5.81. The Labute approximate surface area is 374 Å². The molecule has 0 spiro atoms. The molecule has 13 rings (SSSR count). The van der Waals surface area contributed by atoms with Crippen LogP contribution in [0.15, 0.2) is 231 Å². The average molecular weight is 835 g/mol. The molecule has 2 aromatic heterocycles. The Morgan fingerprint density at radius 3 is 1.86 bits per heavy atom. The number of thiophene rings is 1. The van der Waals surface area contributed by atoms with Crippen molar-refractivity contribution >= 4 is 70.4 Å². The maximum absolute atomic E-state index is 6.47. The molecule has 12 aromatic rings. The molecule has 0 N–H and O–H groups in total. The van der Waals surface area contributed by atoms with Crippen LogP contribution in [0.2, 0.25) is 0 Å². The summed E-state index contributed by atoms with van der Waals surface area (Å²) in [5.74, 6) is 1.74. The van der Waals surface area contributed by atoms with Gasteiger partial charge in [0.2, 0.25) is 0 Å². The molecule has 0 aliphatic carbocycles. The van der Waals surface area contributed by atoms with Gasteiger partial charge in [0.1, 0.15) is 0 Å². The van der Waals surface area contributed by atoms with Crippen LogP contribution in [0.25, 0.3) is 92.2 Å². The maximum atomic E-state index is 6.47. The standard InChI is InChI=1S/C60H38N2OS/c1-3-15-39(16-4-1)45-35-34-44(38-51(45)40-17-5-2-6-18-40)61(43-32-29-41(30-33-43)47-21-13-23-50-48-20-8-12-28-58(48)64-60(47)50)53-24-9-7-19-46(53)42-31-36-54-52(37-42)49-22-14-27-57-59(49)62(54)55-25-10-11-26-56(55)63-57/h1-38H. The number of hydrogen-bond acceptors (Lipinski definition) is 3. The van der Waals surface area contributed by atoms with E-state index in [1.165, 1.54) is 64.3 Å². The summed E-state index contributed by atoms with van der Waals surface area (Å²) in [6.07, 6.45) is 0. The topological polar surface area (TPSA) is 17.4 Å². The second kappa shape index (κ2) is 14.7. The Balaban J connectivity index is 1.01. The Morgan fingerprint density at radius 2 is 1.00 bits per heavy atom. The van der Waals surface area contributed by atoms with E-state index in [1.54, 1.807) is 0 Å². The minimum Gasteiger partial charge on any atom is -0.453 e. The highest BCUT2D eigenvalue weighted by Crippen LogP contribution is 2.49. The number of para-hydroxylation sites is 4. The first-order valence-electron chi connectivity index (χ1n) is 21.7. The largest absolute Gasteiger partial charge is 0.453 e. The van der Waals surface area contributed by atoms with E-state index in [0.29, 0.717) is 0 Å². The zero-order valence-corrected chi connectivity index (χ0v) is 35.5. The van der Waals surface area contributed by atoms with E-state index in [2.05, 4.69) is 234 Å². The molecule has 0 atom stereocenters. The van der Waals surface area contributed by atoms with Gasteiger partial charge in [-0.2, -0.15) is 0 Å². The molecule has 0 unspecified atom stereocenters. The molecule has 10 aromatic carbocycles. The molecule has 0 saturated carbocycles. The van der Waals surface area contributed by atoms with Crippen LogP contribution in [0.5, 0.6) is 11.5 Å². The molecule has 3 heterocycles. The Kier molecular flexibility index (Phi) is 8.40. The molecular formula is C60H38N2OS. The van der Waals surface area contributed by atoms with Gasteiger partial charge in [0.15, 0.2) is 11.5 Å². The molecule has 0 amide bonds. The molecular weight excluding hydrogens is 797 g/mol. The molecule has 0 saturated heterocycles. The Bertz CT molecular complexity index is 3750. The molecule has 4 heteroatoms. The second-order valence-corrected chi connectivity index (χ2v) is 17.5. The lowest BCUT2D eigenvalue weighted by Gasteiger charge is -2.29. The van der Waals surface area contributed by atoms with Crippen molar-refractivity contribution in [2.75, 3.05) is 4.90 Å². The number of hydrogen-bond donors (Lipinski definition) is 0. The minimum atomic E-state index is 0.865. The van der Waals surface area contributed by atoms with Crippen molar-refractivity contribution in [3.63, 3.8) is 0 Å². The normalized spacial score (nSPS) is 11.9. The van der Waals surface area contributed by atoms with Gasteiger partial charge < -0.3 is 14.2 Å². The van der Waals surface area contributed by atoms with Crippen LogP contribution in [0.3, 0.4) is 0 Å². The number of nitrogens with zero attached hydrogens (tertiary/aromatic N) is 2. The monoisotopic (exact) mass is 834 g/mol. The third-order valence-corrected chi connectivity index (χ3v) is 14.0. The summed E-state index contributed by atoms with van der Waals surface area (Å²) in [7, 11) is 0. The highest BCUT2D eigenvalue weighted by atomic mass is 32.1. The molecule has 1 aliphatic rings. The maximum Gasteiger partial charge on any atom is 0.152 e. The van der Waals surface area contributed by atoms with Crippen molar-refractivity contribution in [3.05, 3.63) is 231 Å². The molecule has 300 valence electrons. The summed E-state index contributed by atoms with van der Waals surface area (Å²) in [6, 6.07) is 83.5.